The van der Waals surface area contributed by atoms with E-state index in [4.69, 9.17) is 9.72 Å². The number of ether oxygens (including phenoxy) is 1. The van der Waals surface area contributed by atoms with E-state index in [0.29, 0.717) is 18.9 Å². The summed E-state index contributed by atoms with van der Waals surface area (Å²) in [4.78, 5) is 28.0. The summed E-state index contributed by atoms with van der Waals surface area (Å²) in [7, 11) is 0. The van der Waals surface area contributed by atoms with E-state index < -0.39 is 5.60 Å². The number of aryl methyl sites for hydroxylation is 1. The van der Waals surface area contributed by atoms with Gasteiger partial charge in [-0.2, -0.15) is 5.10 Å². The third kappa shape index (κ3) is 4.98. The molecule has 9 heteroatoms. The molecule has 9 nitrogen and oxygen atoms in total. The number of carbonyl (C=O) groups is 1. The Bertz CT molecular complexity index is 1090. The van der Waals surface area contributed by atoms with E-state index in [1.54, 1.807) is 34.2 Å². The fraction of sp³-hybridized carbons (Fsp3) is 0.522. The minimum atomic E-state index is -0.503. The molecule has 1 aliphatic heterocycles. The number of rotatable bonds is 5. The number of aromatic nitrogens is 5. The molecule has 0 aliphatic carbocycles. The Kier molecular flexibility index (Phi) is 6.25. The van der Waals surface area contributed by atoms with Gasteiger partial charge in [0.2, 0.25) is 0 Å². The molecule has 4 heterocycles. The molecule has 3 aromatic rings. The second-order valence-corrected chi connectivity index (χ2v) is 9.19. The van der Waals surface area contributed by atoms with Gasteiger partial charge >= 0.3 is 6.09 Å². The zero-order valence-electron chi connectivity index (χ0n) is 19.2. The van der Waals surface area contributed by atoms with Crippen molar-refractivity contribution in [3.63, 3.8) is 0 Å². The van der Waals surface area contributed by atoms with Gasteiger partial charge in [0, 0.05) is 43.3 Å². The van der Waals surface area contributed by atoms with Gasteiger partial charge in [-0.3, -0.25) is 4.98 Å². The number of likely N-dealkylation sites (tertiary alicyclic amines) is 1. The lowest BCUT2D eigenvalue weighted by Gasteiger charge is -2.34. The molecule has 3 aromatic heterocycles. The second-order valence-electron chi connectivity index (χ2n) is 9.19. The number of nitrogens with one attached hydrogen (secondary N) is 1. The summed E-state index contributed by atoms with van der Waals surface area (Å²) in [6, 6.07) is 0.0974. The zero-order chi connectivity index (χ0) is 22.7. The Morgan fingerprint density at radius 2 is 2.12 bits per heavy atom. The number of anilines is 1. The molecule has 0 bridgehead atoms. The summed E-state index contributed by atoms with van der Waals surface area (Å²) >= 11 is 0. The van der Waals surface area contributed by atoms with Crippen LogP contribution in [0.5, 0.6) is 0 Å². The van der Waals surface area contributed by atoms with Crippen molar-refractivity contribution < 1.29 is 9.53 Å². The molecule has 1 amide bonds. The lowest BCUT2D eigenvalue weighted by atomic mass is 10.1. The van der Waals surface area contributed by atoms with Gasteiger partial charge in [0.05, 0.1) is 23.5 Å². The Morgan fingerprint density at radius 1 is 1.28 bits per heavy atom. The molecule has 0 aromatic carbocycles. The molecular formula is C23H31N7O2. The van der Waals surface area contributed by atoms with Gasteiger partial charge < -0.3 is 15.0 Å². The number of piperidine rings is 1. The zero-order valence-corrected chi connectivity index (χ0v) is 19.2. The maximum absolute atomic E-state index is 12.6. The van der Waals surface area contributed by atoms with E-state index in [-0.39, 0.29) is 12.1 Å². The molecule has 1 aliphatic rings. The van der Waals surface area contributed by atoms with Crippen molar-refractivity contribution in [1.82, 2.24) is 29.5 Å². The Labute approximate surface area is 188 Å². The van der Waals surface area contributed by atoms with Crippen LogP contribution in [0.4, 0.5) is 10.6 Å². The van der Waals surface area contributed by atoms with E-state index in [2.05, 4.69) is 27.3 Å². The summed E-state index contributed by atoms with van der Waals surface area (Å²) < 4.78 is 7.33. The van der Waals surface area contributed by atoms with Crippen molar-refractivity contribution in [1.29, 1.82) is 0 Å². The summed E-state index contributed by atoms with van der Waals surface area (Å²) in [5.41, 5.74) is 2.26. The van der Waals surface area contributed by atoms with Gasteiger partial charge in [-0.1, -0.05) is 13.3 Å². The molecule has 1 N–H and O–H groups in total. The van der Waals surface area contributed by atoms with Crippen LogP contribution >= 0.6 is 0 Å². The van der Waals surface area contributed by atoms with Crippen LogP contribution < -0.4 is 5.32 Å². The summed E-state index contributed by atoms with van der Waals surface area (Å²) in [6.45, 7) is 9.10. The molecule has 0 saturated carbocycles. The fourth-order valence-electron chi connectivity index (χ4n) is 3.90. The van der Waals surface area contributed by atoms with E-state index in [1.165, 1.54) is 0 Å². The third-order valence-electron chi connectivity index (χ3n) is 5.36. The maximum atomic E-state index is 12.6. The van der Waals surface area contributed by atoms with Crippen molar-refractivity contribution in [3.05, 3.63) is 36.5 Å². The largest absolute Gasteiger partial charge is 0.444 e. The molecule has 0 radical (unpaired) electrons. The quantitative estimate of drug-likeness (QED) is 0.645. The summed E-state index contributed by atoms with van der Waals surface area (Å²) in [5, 5.41) is 7.96. The number of nitrogens with zero attached hydrogens (tertiary/aromatic N) is 6. The number of amides is 1. The van der Waals surface area contributed by atoms with Crippen molar-refractivity contribution in [2.75, 3.05) is 18.4 Å². The first-order valence-electron chi connectivity index (χ1n) is 11.2. The predicted molar refractivity (Wildman–Crippen MR) is 122 cm³/mol. The molecule has 1 saturated heterocycles. The first kappa shape index (κ1) is 22.0. The summed E-state index contributed by atoms with van der Waals surface area (Å²) in [6.07, 6.45) is 12.4. The minimum absolute atomic E-state index is 0.0974. The second kappa shape index (κ2) is 9.10. The average Bonchev–Trinajstić information content (AvgIpc) is 3.18. The van der Waals surface area contributed by atoms with Crippen LogP contribution in [0.1, 0.15) is 52.5 Å². The SMILES string of the molecule is CCCc1cnc(-c2cnn3ccncc23)nc1NC1CCCN(C(=O)OC(C)(C)C)C1. The third-order valence-corrected chi connectivity index (χ3v) is 5.36. The number of carbonyl (C=O) groups excluding carboxylic acids is 1. The highest BCUT2D eigenvalue weighted by atomic mass is 16.6. The van der Waals surface area contributed by atoms with Crippen molar-refractivity contribution in [2.24, 2.45) is 0 Å². The van der Waals surface area contributed by atoms with E-state index in [1.807, 2.05) is 27.0 Å². The molecule has 1 atom stereocenters. The van der Waals surface area contributed by atoms with Crippen LogP contribution in [-0.2, 0) is 11.2 Å². The predicted octanol–water partition coefficient (Wildman–Crippen LogP) is 3.95. The van der Waals surface area contributed by atoms with Crippen LogP contribution in [0, 0.1) is 0 Å². The average molecular weight is 438 g/mol. The van der Waals surface area contributed by atoms with E-state index in [0.717, 1.165) is 48.1 Å². The molecule has 0 spiro atoms. The monoisotopic (exact) mass is 437 g/mol. The Morgan fingerprint density at radius 3 is 2.91 bits per heavy atom. The van der Waals surface area contributed by atoms with Gasteiger partial charge in [-0.15, -0.1) is 0 Å². The lowest BCUT2D eigenvalue weighted by molar-refractivity contribution is 0.0206. The fourth-order valence-corrected chi connectivity index (χ4v) is 3.90. The highest BCUT2D eigenvalue weighted by Crippen LogP contribution is 2.25. The first-order chi connectivity index (χ1) is 15.3. The van der Waals surface area contributed by atoms with Gasteiger partial charge in [-0.05, 0) is 40.0 Å². The van der Waals surface area contributed by atoms with Gasteiger partial charge in [-0.25, -0.2) is 19.3 Å². The lowest BCUT2D eigenvalue weighted by Crippen LogP contribution is -2.47. The van der Waals surface area contributed by atoms with Crippen LogP contribution in [0.2, 0.25) is 0 Å². The van der Waals surface area contributed by atoms with Crippen molar-refractivity contribution in [3.8, 4) is 11.4 Å². The molecule has 170 valence electrons. The normalized spacial score (nSPS) is 16.9. The number of fused-ring (bicyclic) bond motifs is 1. The van der Waals surface area contributed by atoms with Crippen LogP contribution in [0.15, 0.2) is 31.0 Å². The van der Waals surface area contributed by atoms with Crippen molar-refractivity contribution in [2.45, 2.75) is 65.0 Å². The number of hydrogen-bond acceptors (Lipinski definition) is 7. The maximum Gasteiger partial charge on any atom is 0.410 e. The highest BCUT2D eigenvalue weighted by molar-refractivity contribution is 5.75. The number of hydrogen-bond donors (Lipinski definition) is 1. The molecule has 1 fully saturated rings. The highest BCUT2D eigenvalue weighted by Gasteiger charge is 2.28. The Balaban J connectivity index is 1.57. The van der Waals surface area contributed by atoms with E-state index in [9.17, 15) is 4.79 Å². The molecule has 32 heavy (non-hydrogen) atoms. The molecule has 1 unspecified atom stereocenters. The first-order valence-corrected chi connectivity index (χ1v) is 11.2. The minimum Gasteiger partial charge on any atom is -0.444 e. The summed E-state index contributed by atoms with van der Waals surface area (Å²) in [5.74, 6) is 1.42. The van der Waals surface area contributed by atoms with Gasteiger partial charge in [0.1, 0.15) is 11.4 Å². The Hall–Kier alpha value is -3.23. The van der Waals surface area contributed by atoms with Gasteiger partial charge in [0.15, 0.2) is 5.82 Å². The molecule has 4 rings (SSSR count). The van der Waals surface area contributed by atoms with Crippen LogP contribution in [0.3, 0.4) is 0 Å². The van der Waals surface area contributed by atoms with Crippen molar-refractivity contribution >= 4 is 17.4 Å². The van der Waals surface area contributed by atoms with Gasteiger partial charge in [0.25, 0.3) is 0 Å². The topological polar surface area (TPSA) is 97.5 Å². The van der Waals surface area contributed by atoms with E-state index >= 15 is 0 Å². The standard InChI is InChI=1S/C23H31N7O2/c1-5-7-16-12-25-21(18-13-26-30-11-9-24-14-19(18)30)28-20(16)27-17-8-6-10-29(15-17)22(31)32-23(2,3)4/h9,11-14,17H,5-8,10,15H2,1-4H3,(H,25,27,28). The smallest absolute Gasteiger partial charge is 0.410 e. The molecular weight excluding hydrogens is 406 g/mol. The van der Waals surface area contributed by atoms with Crippen LogP contribution in [-0.4, -0.2) is 60.3 Å². The van der Waals surface area contributed by atoms with Crippen LogP contribution in [0.25, 0.3) is 16.9 Å².